The van der Waals surface area contributed by atoms with Crippen molar-refractivity contribution in [2.24, 2.45) is 0 Å². The van der Waals surface area contributed by atoms with Gasteiger partial charge in [-0.2, -0.15) is 18.4 Å². The molecular weight excluding hydrogens is 371 g/mol. The number of halogens is 3. The molecule has 4 aromatic rings. The number of aromatic nitrogens is 7. The van der Waals surface area contributed by atoms with Gasteiger partial charge >= 0.3 is 6.18 Å². The Bertz CT molecular complexity index is 1070. The fourth-order valence-electron chi connectivity index (χ4n) is 2.88. The average Bonchev–Trinajstić information content (AvgIpc) is 3.38. The van der Waals surface area contributed by atoms with E-state index in [1.165, 1.54) is 12.1 Å². The van der Waals surface area contributed by atoms with Crippen LogP contribution in [0.5, 0.6) is 0 Å². The third kappa shape index (κ3) is 3.75. The van der Waals surface area contributed by atoms with E-state index in [0.29, 0.717) is 29.5 Å². The van der Waals surface area contributed by atoms with Crippen molar-refractivity contribution in [3.63, 3.8) is 0 Å². The molecule has 0 bridgehead atoms. The Morgan fingerprint density at radius 3 is 2.64 bits per heavy atom. The summed E-state index contributed by atoms with van der Waals surface area (Å²) in [5.74, 6) is 1.02. The maximum Gasteiger partial charge on any atom is 0.416 e. The number of H-pyrrole nitrogens is 2. The minimum atomic E-state index is -4.37. The summed E-state index contributed by atoms with van der Waals surface area (Å²) in [6.45, 7) is 0. The van der Waals surface area contributed by atoms with Crippen LogP contribution in [-0.2, 0) is 19.0 Å². The van der Waals surface area contributed by atoms with Crippen LogP contribution >= 0.6 is 0 Å². The summed E-state index contributed by atoms with van der Waals surface area (Å²) in [7, 11) is 0. The number of imidazole rings is 1. The lowest BCUT2D eigenvalue weighted by Gasteiger charge is -2.11. The van der Waals surface area contributed by atoms with Gasteiger partial charge in [0, 0.05) is 24.4 Å². The summed E-state index contributed by atoms with van der Waals surface area (Å²) >= 11 is 0. The number of tetrazole rings is 1. The molecule has 0 aliphatic carbocycles. The highest BCUT2D eigenvalue weighted by molar-refractivity contribution is 5.63. The molecule has 0 aliphatic rings. The minimum Gasteiger partial charge on any atom is -0.348 e. The zero-order chi connectivity index (χ0) is 19.6. The number of aromatic amines is 2. The van der Waals surface area contributed by atoms with Gasteiger partial charge in [0.1, 0.15) is 11.5 Å². The van der Waals surface area contributed by atoms with E-state index in [2.05, 4.69) is 35.6 Å². The lowest BCUT2D eigenvalue weighted by atomic mass is 10.0. The van der Waals surface area contributed by atoms with Gasteiger partial charge in [-0.05, 0) is 35.4 Å². The van der Waals surface area contributed by atoms with Crippen LogP contribution in [0.25, 0.3) is 22.8 Å². The molecule has 0 unspecified atom stereocenters. The summed E-state index contributed by atoms with van der Waals surface area (Å²) in [5.41, 5.74) is 1.54. The Kier molecular flexibility index (Phi) is 4.60. The number of pyridine rings is 1. The Morgan fingerprint density at radius 1 is 1.00 bits per heavy atom. The number of hydrogen-bond acceptors (Lipinski definition) is 5. The molecule has 0 radical (unpaired) electrons. The molecule has 3 heterocycles. The lowest BCUT2D eigenvalue weighted by molar-refractivity contribution is -0.138. The fraction of sp³-hybridized carbons (Fsp3) is 0.167. The zero-order valence-electron chi connectivity index (χ0n) is 14.4. The molecule has 0 fully saturated rings. The molecule has 0 saturated carbocycles. The number of nitrogens with one attached hydrogen (secondary N) is 2. The Morgan fingerprint density at radius 2 is 1.86 bits per heavy atom. The monoisotopic (exact) mass is 385 g/mol. The highest BCUT2D eigenvalue weighted by Gasteiger charge is 2.32. The highest BCUT2D eigenvalue weighted by Crippen LogP contribution is 2.32. The predicted octanol–water partition coefficient (Wildman–Crippen LogP) is 3.46. The molecule has 0 saturated heterocycles. The van der Waals surface area contributed by atoms with Crippen molar-refractivity contribution in [3.8, 4) is 22.8 Å². The summed E-state index contributed by atoms with van der Waals surface area (Å²) in [4.78, 5) is 11.7. The van der Waals surface area contributed by atoms with E-state index in [0.717, 1.165) is 11.6 Å². The average molecular weight is 385 g/mol. The van der Waals surface area contributed by atoms with E-state index in [4.69, 9.17) is 0 Å². The molecule has 28 heavy (non-hydrogen) atoms. The standard InChI is InChI=1S/C18H14F3N7/c19-18(20,21)13-4-2-1-3-11(13)5-6-16-23-10-15(24-16)14-9-12(7-8-22-14)17-25-27-28-26-17/h1-4,7-10H,5-6H2,(H,23,24)(H,25,26,27,28). The lowest BCUT2D eigenvalue weighted by Crippen LogP contribution is -2.09. The predicted molar refractivity (Wildman–Crippen MR) is 93.8 cm³/mol. The maximum atomic E-state index is 13.1. The SMILES string of the molecule is FC(F)(F)c1ccccc1CCc1nc(-c2cc(-c3nn[nH]n3)ccn2)c[nH]1. The van der Waals surface area contributed by atoms with Gasteiger partial charge in [0.15, 0.2) is 0 Å². The van der Waals surface area contributed by atoms with Crippen LogP contribution in [0.15, 0.2) is 48.8 Å². The van der Waals surface area contributed by atoms with Crippen LogP contribution < -0.4 is 0 Å². The van der Waals surface area contributed by atoms with Gasteiger partial charge in [0.25, 0.3) is 0 Å². The summed E-state index contributed by atoms with van der Waals surface area (Å²) in [6.07, 6.45) is -0.524. The first kappa shape index (κ1) is 17.8. The normalized spacial score (nSPS) is 11.7. The topological polar surface area (TPSA) is 96.0 Å². The Labute approximate surface area is 157 Å². The van der Waals surface area contributed by atoms with Crippen molar-refractivity contribution in [1.29, 1.82) is 0 Å². The summed E-state index contributed by atoms with van der Waals surface area (Å²) < 4.78 is 39.3. The molecular formula is C18H14F3N7. The number of alkyl halides is 3. The molecule has 0 atom stereocenters. The Balaban J connectivity index is 1.51. The highest BCUT2D eigenvalue weighted by atomic mass is 19.4. The number of hydrogen-bond donors (Lipinski definition) is 2. The van der Waals surface area contributed by atoms with Crippen LogP contribution in [0.2, 0.25) is 0 Å². The zero-order valence-corrected chi connectivity index (χ0v) is 14.4. The molecule has 4 rings (SSSR count). The molecule has 0 spiro atoms. The summed E-state index contributed by atoms with van der Waals surface area (Å²) in [5, 5.41) is 13.8. The van der Waals surface area contributed by atoms with E-state index in [-0.39, 0.29) is 12.0 Å². The molecule has 142 valence electrons. The number of benzene rings is 1. The van der Waals surface area contributed by atoms with Gasteiger partial charge in [0.05, 0.1) is 11.3 Å². The van der Waals surface area contributed by atoms with Crippen LogP contribution in [0.3, 0.4) is 0 Å². The van der Waals surface area contributed by atoms with Crippen molar-refractivity contribution in [2.45, 2.75) is 19.0 Å². The van der Waals surface area contributed by atoms with Crippen LogP contribution in [-0.4, -0.2) is 35.6 Å². The molecule has 3 aromatic heterocycles. The quantitative estimate of drug-likeness (QED) is 0.549. The van der Waals surface area contributed by atoms with Gasteiger partial charge in [-0.25, -0.2) is 4.98 Å². The first-order valence-electron chi connectivity index (χ1n) is 8.40. The second-order valence-corrected chi connectivity index (χ2v) is 6.05. The van der Waals surface area contributed by atoms with Gasteiger partial charge in [-0.15, -0.1) is 10.2 Å². The second-order valence-electron chi connectivity index (χ2n) is 6.05. The van der Waals surface area contributed by atoms with Crippen molar-refractivity contribution >= 4 is 0 Å². The largest absolute Gasteiger partial charge is 0.416 e. The summed E-state index contributed by atoms with van der Waals surface area (Å²) in [6, 6.07) is 9.09. The molecule has 7 nitrogen and oxygen atoms in total. The van der Waals surface area contributed by atoms with Crippen molar-refractivity contribution < 1.29 is 13.2 Å². The molecule has 0 aliphatic heterocycles. The van der Waals surface area contributed by atoms with Crippen LogP contribution in [0, 0.1) is 0 Å². The molecule has 0 amide bonds. The van der Waals surface area contributed by atoms with E-state index < -0.39 is 11.7 Å². The van der Waals surface area contributed by atoms with Crippen molar-refractivity contribution in [3.05, 3.63) is 65.7 Å². The smallest absolute Gasteiger partial charge is 0.348 e. The number of aryl methyl sites for hydroxylation is 2. The number of rotatable bonds is 5. The third-order valence-electron chi connectivity index (χ3n) is 4.21. The van der Waals surface area contributed by atoms with Gasteiger partial charge in [-0.3, -0.25) is 4.98 Å². The van der Waals surface area contributed by atoms with E-state index in [9.17, 15) is 13.2 Å². The van der Waals surface area contributed by atoms with E-state index >= 15 is 0 Å². The second kappa shape index (κ2) is 7.22. The van der Waals surface area contributed by atoms with Crippen LogP contribution in [0.1, 0.15) is 17.0 Å². The van der Waals surface area contributed by atoms with Crippen molar-refractivity contribution in [2.75, 3.05) is 0 Å². The van der Waals surface area contributed by atoms with E-state index in [1.807, 2.05) is 0 Å². The van der Waals surface area contributed by atoms with Gasteiger partial charge in [-0.1, -0.05) is 18.2 Å². The maximum absolute atomic E-state index is 13.1. The van der Waals surface area contributed by atoms with Crippen LogP contribution in [0.4, 0.5) is 13.2 Å². The minimum absolute atomic E-state index is 0.221. The van der Waals surface area contributed by atoms with E-state index in [1.54, 1.807) is 30.6 Å². The Hall–Kier alpha value is -3.56. The molecule has 2 N–H and O–H groups in total. The van der Waals surface area contributed by atoms with Gasteiger partial charge < -0.3 is 4.98 Å². The van der Waals surface area contributed by atoms with Crippen molar-refractivity contribution in [1.82, 2.24) is 35.6 Å². The molecule has 10 heteroatoms. The molecule has 1 aromatic carbocycles. The first-order valence-corrected chi connectivity index (χ1v) is 8.40. The fourth-order valence-corrected chi connectivity index (χ4v) is 2.88. The number of nitrogens with zero attached hydrogens (tertiary/aromatic N) is 5. The van der Waals surface area contributed by atoms with Gasteiger partial charge in [0.2, 0.25) is 5.82 Å². The first-order chi connectivity index (χ1) is 13.5. The third-order valence-corrected chi connectivity index (χ3v) is 4.21.